The predicted molar refractivity (Wildman–Crippen MR) is 105 cm³/mol. The average Bonchev–Trinajstić information content (AvgIpc) is 3.18. The minimum absolute atomic E-state index is 0.548. The van der Waals surface area contributed by atoms with Crippen molar-refractivity contribution in [2.45, 2.75) is 39.2 Å². The molecule has 1 saturated heterocycles. The van der Waals surface area contributed by atoms with Crippen LogP contribution in [-0.4, -0.2) is 41.0 Å². The van der Waals surface area contributed by atoms with E-state index < -0.39 is 0 Å². The molecule has 2 aromatic rings. The monoisotopic (exact) mass is 336 g/mol. The molecule has 0 radical (unpaired) electrons. The van der Waals surface area contributed by atoms with Gasteiger partial charge < -0.3 is 0 Å². The van der Waals surface area contributed by atoms with Crippen molar-refractivity contribution in [1.82, 2.24) is 14.7 Å². The van der Waals surface area contributed by atoms with Gasteiger partial charge in [-0.25, -0.2) is 0 Å². The lowest BCUT2D eigenvalue weighted by molar-refractivity contribution is 0.192. The Morgan fingerprint density at radius 3 is 2.64 bits per heavy atom. The molecule has 0 saturated carbocycles. The van der Waals surface area contributed by atoms with Crippen molar-refractivity contribution >= 4 is 18.0 Å². The van der Waals surface area contributed by atoms with E-state index in [4.69, 9.17) is 0 Å². The number of para-hydroxylation sites is 1. The van der Waals surface area contributed by atoms with Crippen LogP contribution in [0.2, 0.25) is 0 Å². The zero-order chi connectivity index (χ0) is 17.6. The summed E-state index contributed by atoms with van der Waals surface area (Å²) in [5, 5.41) is 4.40. The highest BCUT2D eigenvalue weighted by molar-refractivity contribution is 5.77. The van der Waals surface area contributed by atoms with Gasteiger partial charge in [-0.05, 0) is 50.6 Å². The van der Waals surface area contributed by atoms with E-state index in [9.17, 15) is 0 Å². The van der Waals surface area contributed by atoms with Gasteiger partial charge in [0.15, 0.2) is 0 Å². The van der Waals surface area contributed by atoms with Crippen LogP contribution in [0.4, 0.5) is 5.69 Å². The maximum atomic E-state index is 4.40. The first-order valence-electron chi connectivity index (χ1n) is 9.19. The first-order valence-corrected chi connectivity index (χ1v) is 9.19. The van der Waals surface area contributed by atoms with Crippen molar-refractivity contribution in [3.05, 3.63) is 53.9 Å². The van der Waals surface area contributed by atoms with Crippen molar-refractivity contribution < 1.29 is 0 Å². The molecule has 4 heteroatoms. The van der Waals surface area contributed by atoms with E-state index in [1.54, 1.807) is 0 Å². The van der Waals surface area contributed by atoms with Crippen LogP contribution >= 0.6 is 0 Å². The van der Waals surface area contributed by atoms with Gasteiger partial charge >= 0.3 is 0 Å². The smallest absolute Gasteiger partial charge is 0.0697 e. The number of aliphatic imine (C=N–C) groups is 1. The lowest BCUT2D eigenvalue weighted by Crippen LogP contribution is -2.36. The third-order valence-corrected chi connectivity index (χ3v) is 5.19. The summed E-state index contributed by atoms with van der Waals surface area (Å²) in [4.78, 5) is 6.76. The molecular weight excluding hydrogens is 308 g/mol. The summed E-state index contributed by atoms with van der Waals surface area (Å²) < 4.78 is 2.11. The molecule has 1 aliphatic heterocycles. The van der Waals surface area contributed by atoms with Gasteiger partial charge in [0, 0.05) is 37.6 Å². The minimum atomic E-state index is 0.548. The van der Waals surface area contributed by atoms with Gasteiger partial charge in [-0.3, -0.25) is 14.6 Å². The Kier molecular flexibility index (Phi) is 5.82. The molecular formula is C21H28N4. The van der Waals surface area contributed by atoms with Crippen molar-refractivity contribution in [3.63, 3.8) is 0 Å². The van der Waals surface area contributed by atoms with Gasteiger partial charge in [-0.1, -0.05) is 30.7 Å². The number of rotatable bonds is 6. The Morgan fingerprint density at radius 2 is 2.00 bits per heavy atom. The second-order valence-electron chi connectivity index (χ2n) is 6.78. The van der Waals surface area contributed by atoms with Crippen molar-refractivity contribution in [2.24, 2.45) is 4.99 Å². The van der Waals surface area contributed by atoms with Crippen LogP contribution < -0.4 is 0 Å². The van der Waals surface area contributed by atoms with Crippen LogP contribution in [0.15, 0.2) is 53.3 Å². The fraction of sp³-hybridized carbons (Fsp3) is 0.429. The van der Waals surface area contributed by atoms with Gasteiger partial charge in [0.1, 0.15) is 0 Å². The van der Waals surface area contributed by atoms with Crippen LogP contribution in [0.5, 0.6) is 0 Å². The summed E-state index contributed by atoms with van der Waals surface area (Å²) in [5.74, 6) is 0. The fourth-order valence-corrected chi connectivity index (χ4v) is 3.86. The summed E-state index contributed by atoms with van der Waals surface area (Å²) in [7, 11) is 0. The maximum Gasteiger partial charge on any atom is 0.0697 e. The Bertz CT molecular complexity index is 722. The lowest BCUT2D eigenvalue weighted by Gasteiger charge is -2.32. The number of aromatic nitrogens is 2. The predicted octanol–water partition coefficient (Wildman–Crippen LogP) is 4.74. The summed E-state index contributed by atoms with van der Waals surface area (Å²) >= 11 is 0. The molecule has 2 heterocycles. The zero-order valence-corrected chi connectivity index (χ0v) is 15.4. The van der Waals surface area contributed by atoms with Crippen LogP contribution in [0.3, 0.4) is 0 Å². The summed E-state index contributed by atoms with van der Waals surface area (Å²) in [6.07, 6.45) is 7.31. The summed E-state index contributed by atoms with van der Waals surface area (Å²) in [5.41, 5.74) is 5.05. The highest BCUT2D eigenvalue weighted by Crippen LogP contribution is 2.31. The topological polar surface area (TPSA) is 33.4 Å². The van der Waals surface area contributed by atoms with Gasteiger partial charge in [-0.15, -0.1) is 0 Å². The van der Waals surface area contributed by atoms with E-state index >= 15 is 0 Å². The molecule has 3 rings (SSSR count). The summed E-state index contributed by atoms with van der Waals surface area (Å²) in [6, 6.07) is 10.9. The number of benzene rings is 1. The van der Waals surface area contributed by atoms with E-state index in [2.05, 4.69) is 58.6 Å². The zero-order valence-electron chi connectivity index (χ0n) is 15.4. The van der Waals surface area contributed by atoms with Crippen molar-refractivity contribution in [3.8, 4) is 0 Å². The van der Waals surface area contributed by atoms with Crippen LogP contribution in [0.1, 0.15) is 44.7 Å². The molecule has 0 N–H and O–H groups in total. The first-order chi connectivity index (χ1) is 12.2. The molecule has 0 atom stereocenters. The summed E-state index contributed by atoms with van der Waals surface area (Å²) in [6.45, 7) is 11.5. The van der Waals surface area contributed by atoms with E-state index in [0.717, 1.165) is 31.7 Å². The second kappa shape index (κ2) is 8.26. The van der Waals surface area contributed by atoms with E-state index in [1.807, 2.05) is 24.4 Å². The Morgan fingerprint density at radius 1 is 1.24 bits per heavy atom. The molecule has 1 aliphatic rings. The van der Waals surface area contributed by atoms with Gasteiger partial charge in [0.25, 0.3) is 0 Å². The third kappa shape index (κ3) is 4.07. The Labute approximate surface area is 150 Å². The largest absolute Gasteiger partial charge is 0.299 e. The van der Waals surface area contributed by atoms with Crippen LogP contribution in [0.25, 0.3) is 5.57 Å². The molecule has 1 aromatic heterocycles. The molecule has 0 aliphatic carbocycles. The number of nitrogens with zero attached hydrogens (tertiary/aromatic N) is 4. The molecule has 25 heavy (non-hydrogen) atoms. The third-order valence-electron chi connectivity index (χ3n) is 5.19. The molecule has 1 fully saturated rings. The first kappa shape index (κ1) is 17.6. The number of hydrogen-bond donors (Lipinski definition) is 0. The molecule has 1 aromatic carbocycles. The molecule has 0 amide bonds. The molecule has 0 unspecified atom stereocenters. The lowest BCUT2D eigenvalue weighted by atomic mass is 9.96. The highest BCUT2D eigenvalue weighted by atomic mass is 15.3. The fourth-order valence-electron chi connectivity index (χ4n) is 3.86. The van der Waals surface area contributed by atoms with E-state index in [0.29, 0.717) is 6.04 Å². The number of hydrogen-bond acceptors (Lipinski definition) is 3. The number of allylic oxidation sites excluding steroid dienone is 1. The SMILES string of the molecule is C=Nc1ccccc1/C(CC)=C(\C)CN1CCC(n2cccn2)CC1. The van der Waals surface area contributed by atoms with Gasteiger partial charge in [0.2, 0.25) is 0 Å². The Balaban J connectivity index is 1.69. The number of piperidine rings is 1. The van der Waals surface area contributed by atoms with Crippen molar-refractivity contribution in [1.29, 1.82) is 0 Å². The van der Waals surface area contributed by atoms with Gasteiger partial charge in [-0.2, -0.15) is 5.10 Å². The Hall–Kier alpha value is -2.20. The van der Waals surface area contributed by atoms with Crippen LogP contribution in [-0.2, 0) is 0 Å². The van der Waals surface area contributed by atoms with E-state index in [1.165, 1.54) is 29.6 Å². The highest BCUT2D eigenvalue weighted by Gasteiger charge is 2.21. The normalized spacial score (nSPS) is 17.4. The van der Waals surface area contributed by atoms with E-state index in [-0.39, 0.29) is 0 Å². The quantitative estimate of drug-likeness (QED) is 0.714. The molecule has 132 valence electrons. The number of likely N-dealkylation sites (tertiary alicyclic amines) is 1. The van der Waals surface area contributed by atoms with Crippen LogP contribution in [0, 0.1) is 0 Å². The standard InChI is InChI=1S/C21H28N4/c1-4-19(20-8-5-6-9-21(20)22-3)17(2)16-24-14-10-18(11-15-24)25-13-7-12-23-25/h5-9,12-13,18H,3-4,10-11,14-16H2,1-2H3/b19-17+. The molecule has 4 nitrogen and oxygen atoms in total. The second-order valence-corrected chi connectivity index (χ2v) is 6.78. The molecule has 0 bridgehead atoms. The molecule has 0 spiro atoms. The maximum absolute atomic E-state index is 4.40. The average molecular weight is 336 g/mol. The van der Waals surface area contributed by atoms with Gasteiger partial charge in [0.05, 0.1) is 11.7 Å². The minimum Gasteiger partial charge on any atom is -0.299 e. The van der Waals surface area contributed by atoms with Crippen molar-refractivity contribution in [2.75, 3.05) is 19.6 Å².